The van der Waals surface area contributed by atoms with Crippen LogP contribution in [0.25, 0.3) is 0 Å². The molecule has 5 N–H and O–H groups in total. The number of alkyl carbamates (subject to hydrolysis) is 1. The lowest BCUT2D eigenvalue weighted by molar-refractivity contribution is 0.0475. The van der Waals surface area contributed by atoms with Gasteiger partial charge in [0.25, 0.3) is 0 Å². The molecule has 1 saturated carbocycles. The second kappa shape index (κ2) is 6.76. The number of ether oxygens (including phenoxy) is 1. The van der Waals surface area contributed by atoms with Crippen molar-refractivity contribution in [3.8, 4) is 0 Å². The van der Waals surface area contributed by atoms with E-state index < -0.39 is 11.6 Å². The van der Waals surface area contributed by atoms with E-state index in [1.165, 1.54) is 0 Å². The number of nitrogens with one attached hydrogen (secondary N) is 3. The first kappa shape index (κ1) is 16.9. The van der Waals surface area contributed by atoms with Crippen molar-refractivity contribution in [2.45, 2.75) is 51.3 Å². The zero-order valence-corrected chi connectivity index (χ0v) is 13.7. The summed E-state index contributed by atoms with van der Waals surface area (Å²) in [6.45, 7) is 5.51. The Morgan fingerprint density at radius 2 is 1.83 bits per heavy atom. The highest BCUT2D eigenvalue weighted by Gasteiger charge is 2.31. The third-order valence-electron chi connectivity index (χ3n) is 3.36. The maximum absolute atomic E-state index is 11.7. The van der Waals surface area contributed by atoms with Crippen LogP contribution in [0.2, 0.25) is 0 Å². The SMILES string of the molecule is CC(C)(C)OC(=O)NC1CC(Nc2cccc(NC(N)=O)c2)C1. The molecule has 126 valence electrons. The summed E-state index contributed by atoms with van der Waals surface area (Å²) < 4.78 is 5.23. The van der Waals surface area contributed by atoms with E-state index in [1.807, 2.05) is 39.0 Å². The van der Waals surface area contributed by atoms with Crippen molar-refractivity contribution in [3.63, 3.8) is 0 Å². The molecule has 1 aromatic carbocycles. The van der Waals surface area contributed by atoms with Crippen LogP contribution in [0.1, 0.15) is 33.6 Å². The van der Waals surface area contributed by atoms with Gasteiger partial charge in [-0.15, -0.1) is 0 Å². The molecule has 0 unspecified atom stereocenters. The molecular formula is C16H24N4O3. The van der Waals surface area contributed by atoms with Crippen molar-refractivity contribution in [1.29, 1.82) is 0 Å². The second-order valence-electron chi connectivity index (χ2n) is 6.73. The highest BCUT2D eigenvalue weighted by Crippen LogP contribution is 2.26. The number of hydrogen-bond donors (Lipinski definition) is 4. The van der Waals surface area contributed by atoms with Crippen LogP contribution in [0.4, 0.5) is 21.0 Å². The molecule has 1 fully saturated rings. The Morgan fingerprint density at radius 3 is 2.43 bits per heavy atom. The molecule has 3 amide bonds. The van der Waals surface area contributed by atoms with Crippen LogP contribution in [-0.4, -0.2) is 29.8 Å². The molecular weight excluding hydrogens is 296 g/mol. The summed E-state index contributed by atoms with van der Waals surface area (Å²) in [5.74, 6) is 0. The lowest BCUT2D eigenvalue weighted by Crippen LogP contribution is -2.50. The summed E-state index contributed by atoms with van der Waals surface area (Å²) in [4.78, 5) is 22.5. The first-order valence-electron chi connectivity index (χ1n) is 7.64. The fourth-order valence-corrected chi connectivity index (χ4v) is 2.39. The van der Waals surface area contributed by atoms with E-state index >= 15 is 0 Å². The van der Waals surface area contributed by atoms with Gasteiger partial charge in [-0.1, -0.05) is 6.07 Å². The summed E-state index contributed by atoms with van der Waals surface area (Å²) in [7, 11) is 0. The minimum absolute atomic E-state index is 0.120. The largest absolute Gasteiger partial charge is 0.444 e. The van der Waals surface area contributed by atoms with E-state index in [4.69, 9.17) is 10.5 Å². The van der Waals surface area contributed by atoms with Crippen molar-refractivity contribution in [2.24, 2.45) is 5.73 Å². The van der Waals surface area contributed by atoms with Crippen molar-refractivity contribution in [1.82, 2.24) is 5.32 Å². The van der Waals surface area contributed by atoms with E-state index in [0.29, 0.717) is 5.69 Å². The van der Waals surface area contributed by atoms with Gasteiger partial charge >= 0.3 is 12.1 Å². The first-order valence-corrected chi connectivity index (χ1v) is 7.64. The molecule has 7 nitrogen and oxygen atoms in total. The standard InChI is InChI=1S/C16H24N4O3/c1-16(2,3)23-15(22)20-13-8-12(9-13)18-10-5-4-6-11(7-10)19-14(17)21/h4-7,12-13,18H,8-9H2,1-3H3,(H,20,22)(H3,17,19,21). The summed E-state index contributed by atoms with van der Waals surface area (Å²) in [5, 5.41) is 8.75. The number of amides is 3. The van der Waals surface area contributed by atoms with E-state index in [9.17, 15) is 9.59 Å². The number of nitrogens with two attached hydrogens (primary N) is 1. The smallest absolute Gasteiger partial charge is 0.407 e. The molecule has 0 spiro atoms. The summed E-state index contributed by atoms with van der Waals surface area (Å²) >= 11 is 0. The highest BCUT2D eigenvalue weighted by molar-refractivity contribution is 5.88. The molecule has 0 saturated heterocycles. The molecule has 7 heteroatoms. The summed E-state index contributed by atoms with van der Waals surface area (Å²) in [6.07, 6.45) is 1.27. The van der Waals surface area contributed by atoms with E-state index in [2.05, 4.69) is 16.0 Å². The molecule has 23 heavy (non-hydrogen) atoms. The van der Waals surface area contributed by atoms with Crippen LogP contribution in [0.15, 0.2) is 24.3 Å². The first-order chi connectivity index (χ1) is 10.7. The second-order valence-corrected chi connectivity index (χ2v) is 6.73. The summed E-state index contributed by atoms with van der Waals surface area (Å²) in [6, 6.07) is 7.15. The Kier molecular flexibility index (Phi) is 4.98. The van der Waals surface area contributed by atoms with Crippen molar-refractivity contribution < 1.29 is 14.3 Å². The maximum Gasteiger partial charge on any atom is 0.407 e. The third-order valence-corrected chi connectivity index (χ3v) is 3.36. The predicted octanol–water partition coefficient (Wildman–Crippen LogP) is 2.64. The minimum Gasteiger partial charge on any atom is -0.444 e. The van der Waals surface area contributed by atoms with E-state index in [1.54, 1.807) is 6.07 Å². The van der Waals surface area contributed by atoms with Crippen LogP contribution in [-0.2, 0) is 4.74 Å². The van der Waals surface area contributed by atoms with Gasteiger partial charge in [0.2, 0.25) is 0 Å². The molecule has 0 radical (unpaired) electrons. The molecule has 0 bridgehead atoms. The van der Waals surface area contributed by atoms with E-state index in [0.717, 1.165) is 18.5 Å². The van der Waals surface area contributed by atoms with Crippen LogP contribution in [0.5, 0.6) is 0 Å². The Labute approximate surface area is 136 Å². The van der Waals surface area contributed by atoms with Gasteiger partial charge in [-0.2, -0.15) is 0 Å². The Hall–Kier alpha value is -2.44. The van der Waals surface area contributed by atoms with Crippen molar-refractivity contribution >= 4 is 23.5 Å². The molecule has 0 atom stereocenters. The predicted molar refractivity (Wildman–Crippen MR) is 89.5 cm³/mol. The topological polar surface area (TPSA) is 105 Å². The zero-order chi connectivity index (χ0) is 17.0. The fourth-order valence-electron chi connectivity index (χ4n) is 2.39. The quantitative estimate of drug-likeness (QED) is 0.684. The lowest BCUT2D eigenvalue weighted by atomic mass is 9.86. The van der Waals surface area contributed by atoms with E-state index in [-0.39, 0.29) is 18.2 Å². The number of benzene rings is 1. The average Bonchev–Trinajstić information content (AvgIpc) is 2.33. The van der Waals surface area contributed by atoms with Gasteiger partial charge in [-0.05, 0) is 51.8 Å². The van der Waals surface area contributed by atoms with Crippen molar-refractivity contribution in [3.05, 3.63) is 24.3 Å². The number of hydrogen-bond acceptors (Lipinski definition) is 4. The number of carbonyl (C=O) groups is 2. The van der Waals surface area contributed by atoms with Gasteiger partial charge in [0, 0.05) is 23.5 Å². The van der Waals surface area contributed by atoms with Crippen LogP contribution >= 0.6 is 0 Å². The molecule has 1 aliphatic rings. The third kappa shape index (κ3) is 5.69. The monoisotopic (exact) mass is 320 g/mol. The Morgan fingerprint density at radius 1 is 1.17 bits per heavy atom. The van der Waals surface area contributed by atoms with Gasteiger partial charge in [-0.25, -0.2) is 9.59 Å². The molecule has 1 aromatic rings. The van der Waals surface area contributed by atoms with Gasteiger partial charge in [0.15, 0.2) is 0 Å². The van der Waals surface area contributed by atoms with Crippen molar-refractivity contribution in [2.75, 3.05) is 10.6 Å². The number of urea groups is 1. The number of anilines is 2. The van der Waals surface area contributed by atoms with Gasteiger partial charge in [0.05, 0.1) is 0 Å². The Balaban J connectivity index is 1.76. The Bertz CT molecular complexity index is 577. The maximum atomic E-state index is 11.7. The molecule has 2 rings (SSSR count). The number of rotatable bonds is 4. The molecule has 0 aliphatic heterocycles. The molecule has 0 heterocycles. The average molecular weight is 320 g/mol. The summed E-state index contributed by atoms with van der Waals surface area (Å²) in [5.41, 5.74) is 6.16. The molecule has 1 aliphatic carbocycles. The van der Waals surface area contributed by atoms with Gasteiger partial charge < -0.3 is 26.4 Å². The zero-order valence-electron chi connectivity index (χ0n) is 13.7. The number of carbonyl (C=O) groups excluding carboxylic acids is 2. The highest BCUT2D eigenvalue weighted by atomic mass is 16.6. The number of primary amides is 1. The molecule has 0 aromatic heterocycles. The van der Waals surface area contributed by atoms with Crippen LogP contribution in [0, 0.1) is 0 Å². The van der Waals surface area contributed by atoms with Crippen LogP contribution < -0.4 is 21.7 Å². The van der Waals surface area contributed by atoms with Crippen LogP contribution in [0.3, 0.4) is 0 Å². The lowest BCUT2D eigenvalue weighted by Gasteiger charge is -2.37. The minimum atomic E-state index is -0.590. The van der Waals surface area contributed by atoms with Gasteiger partial charge in [-0.3, -0.25) is 0 Å². The fraction of sp³-hybridized carbons (Fsp3) is 0.500. The normalized spacial score (nSPS) is 20.1. The van der Waals surface area contributed by atoms with Gasteiger partial charge in [0.1, 0.15) is 5.60 Å².